The molecule has 3 N–H and O–H groups in total. The maximum atomic E-state index is 5.91. The van der Waals surface area contributed by atoms with Gasteiger partial charge in [-0.15, -0.1) is 0 Å². The number of ether oxygens (including phenoxy) is 1. The van der Waals surface area contributed by atoms with Crippen LogP contribution in [0.4, 0.5) is 5.82 Å². The third-order valence-corrected chi connectivity index (χ3v) is 4.14. The number of anilines is 1. The molecule has 4 rings (SSSR count). The Morgan fingerprint density at radius 3 is 2.52 bits per heavy atom. The van der Waals surface area contributed by atoms with E-state index in [9.17, 15) is 0 Å². The van der Waals surface area contributed by atoms with Crippen molar-refractivity contribution < 1.29 is 4.74 Å². The van der Waals surface area contributed by atoms with Crippen LogP contribution in [0.25, 0.3) is 11.4 Å². The number of aromatic amines is 1. The third-order valence-electron chi connectivity index (χ3n) is 4.14. The second kappa shape index (κ2) is 7.70. The fourth-order valence-electron chi connectivity index (χ4n) is 2.76. The number of aromatic nitrogens is 4. The molecule has 0 spiro atoms. The maximum Gasteiger partial charge on any atom is 0.213 e. The molecule has 0 aliphatic rings. The summed E-state index contributed by atoms with van der Waals surface area (Å²) in [5, 5.41) is 0. The van der Waals surface area contributed by atoms with Crippen LogP contribution in [0.3, 0.4) is 0 Å². The van der Waals surface area contributed by atoms with Crippen molar-refractivity contribution in [1.29, 1.82) is 0 Å². The van der Waals surface area contributed by atoms with Gasteiger partial charge in [0.15, 0.2) is 0 Å². The highest BCUT2D eigenvalue weighted by molar-refractivity contribution is 5.67. The van der Waals surface area contributed by atoms with Gasteiger partial charge in [-0.3, -0.25) is 0 Å². The molecule has 27 heavy (non-hydrogen) atoms. The maximum absolute atomic E-state index is 5.91. The number of nitrogens with one attached hydrogen (secondary N) is 1. The highest BCUT2D eigenvalue weighted by Crippen LogP contribution is 2.21. The summed E-state index contributed by atoms with van der Waals surface area (Å²) < 4.78 is 5.72. The van der Waals surface area contributed by atoms with Gasteiger partial charge in [0, 0.05) is 36.8 Å². The number of nitrogens with two attached hydrogens (primary N) is 1. The fourth-order valence-corrected chi connectivity index (χ4v) is 2.76. The van der Waals surface area contributed by atoms with Crippen LogP contribution >= 0.6 is 0 Å². The zero-order chi connectivity index (χ0) is 18.5. The molecule has 6 heteroatoms. The minimum Gasteiger partial charge on any atom is -0.473 e. The highest BCUT2D eigenvalue weighted by atomic mass is 16.5. The van der Waals surface area contributed by atoms with Crippen molar-refractivity contribution in [2.45, 2.75) is 13.0 Å². The monoisotopic (exact) mass is 357 g/mol. The smallest absolute Gasteiger partial charge is 0.213 e. The van der Waals surface area contributed by atoms with Crippen molar-refractivity contribution in [3.05, 3.63) is 90.0 Å². The first-order valence-electron chi connectivity index (χ1n) is 8.64. The summed E-state index contributed by atoms with van der Waals surface area (Å²) in [7, 11) is 0. The lowest BCUT2D eigenvalue weighted by Crippen LogP contribution is -1.98. The van der Waals surface area contributed by atoms with E-state index in [0.717, 1.165) is 22.4 Å². The number of hydrogen-bond donors (Lipinski definition) is 2. The topological polar surface area (TPSA) is 89.7 Å². The van der Waals surface area contributed by atoms with Crippen molar-refractivity contribution >= 4 is 5.82 Å². The van der Waals surface area contributed by atoms with Crippen molar-refractivity contribution in [3.8, 4) is 17.3 Å². The lowest BCUT2D eigenvalue weighted by atomic mass is 10.2. The molecular formula is C21H19N5O. The molecule has 0 amide bonds. The number of H-pyrrole nitrogens is 1. The van der Waals surface area contributed by atoms with Gasteiger partial charge in [-0.05, 0) is 23.3 Å². The number of benzene rings is 1. The van der Waals surface area contributed by atoms with Crippen LogP contribution in [0, 0.1) is 0 Å². The van der Waals surface area contributed by atoms with Crippen LogP contribution in [0.5, 0.6) is 5.88 Å². The highest BCUT2D eigenvalue weighted by Gasteiger charge is 2.08. The molecule has 1 aromatic carbocycles. The Hall–Kier alpha value is -3.67. The van der Waals surface area contributed by atoms with E-state index in [1.165, 1.54) is 0 Å². The first-order chi connectivity index (χ1) is 13.3. The van der Waals surface area contributed by atoms with Gasteiger partial charge in [0.1, 0.15) is 18.2 Å². The van der Waals surface area contributed by atoms with Gasteiger partial charge in [-0.1, -0.05) is 36.4 Å². The van der Waals surface area contributed by atoms with Crippen molar-refractivity contribution in [3.63, 3.8) is 0 Å². The lowest BCUT2D eigenvalue weighted by Gasteiger charge is -2.06. The SMILES string of the molecule is Nc1ncccc1-c1ncc(Cc2ccc(OCc3ccccc3)nc2)[nH]1. The number of rotatable bonds is 6. The normalized spacial score (nSPS) is 10.7. The molecule has 0 fully saturated rings. The average Bonchev–Trinajstić information content (AvgIpc) is 3.17. The average molecular weight is 357 g/mol. The Balaban J connectivity index is 1.39. The zero-order valence-electron chi connectivity index (χ0n) is 14.7. The molecule has 0 atom stereocenters. The molecule has 0 aliphatic heterocycles. The van der Waals surface area contributed by atoms with E-state index in [2.05, 4.69) is 19.9 Å². The van der Waals surface area contributed by atoms with E-state index in [1.807, 2.05) is 67.0 Å². The Kier molecular flexibility index (Phi) is 4.78. The summed E-state index contributed by atoms with van der Waals surface area (Å²) in [4.78, 5) is 16.2. The van der Waals surface area contributed by atoms with Crippen molar-refractivity contribution in [2.75, 3.05) is 5.73 Å². The Labute approximate surface area is 157 Å². The molecule has 134 valence electrons. The number of nitrogens with zero attached hydrogens (tertiary/aromatic N) is 3. The summed E-state index contributed by atoms with van der Waals surface area (Å²) >= 11 is 0. The number of imidazole rings is 1. The molecule has 0 bridgehead atoms. The van der Waals surface area contributed by atoms with Crippen LogP contribution in [-0.4, -0.2) is 19.9 Å². The lowest BCUT2D eigenvalue weighted by molar-refractivity contribution is 0.294. The van der Waals surface area contributed by atoms with E-state index in [4.69, 9.17) is 10.5 Å². The molecule has 3 heterocycles. The predicted octanol–water partition coefficient (Wildman–Crippen LogP) is 3.62. The first kappa shape index (κ1) is 16.8. The van der Waals surface area contributed by atoms with Crippen molar-refractivity contribution in [1.82, 2.24) is 19.9 Å². The second-order valence-corrected chi connectivity index (χ2v) is 6.15. The second-order valence-electron chi connectivity index (χ2n) is 6.15. The molecule has 0 saturated heterocycles. The summed E-state index contributed by atoms with van der Waals surface area (Å²) in [5.74, 6) is 1.78. The molecular weight excluding hydrogens is 338 g/mol. The standard InChI is InChI=1S/C21H19N5O/c22-20-18(7-4-10-23-20)21-25-13-17(26-21)11-16-8-9-19(24-12-16)27-14-15-5-2-1-3-6-15/h1-10,12-13H,11,14H2,(H2,22,23)(H,25,26). The van der Waals surface area contributed by atoms with E-state index in [-0.39, 0.29) is 0 Å². The van der Waals surface area contributed by atoms with Gasteiger partial charge in [0.05, 0.1) is 5.56 Å². The van der Waals surface area contributed by atoms with Crippen LogP contribution < -0.4 is 10.5 Å². The molecule has 6 nitrogen and oxygen atoms in total. The summed E-state index contributed by atoms with van der Waals surface area (Å²) in [5.41, 5.74) is 9.86. The summed E-state index contributed by atoms with van der Waals surface area (Å²) in [6.07, 6.45) is 5.98. The van der Waals surface area contributed by atoms with Gasteiger partial charge in [0.2, 0.25) is 5.88 Å². The number of nitrogen functional groups attached to an aromatic ring is 1. The van der Waals surface area contributed by atoms with Crippen LogP contribution in [0.1, 0.15) is 16.8 Å². The minimum absolute atomic E-state index is 0.458. The van der Waals surface area contributed by atoms with Gasteiger partial charge in [-0.2, -0.15) is 0 Å². The van der Waals surface area contributed by atoms with E-state index in [1.54, 1.807) is 6.20 Å². The Morgan fingerprint density at radius 1 is 0.852 bits per heavy atom. The molecule has 0 saturated carbocycles. The van der Waals surface area contributed by atoms with Gasteiger partial charge in [0.25, 0.3) is 0 Å². The predicted molar refractivity (Wildman–Crippen MR) is 104 cm³/mol. The number of pyridine rings is 2. The first-order valence-corrected chi connectivity index (χ1v) is 8.64. The molecule has 0 unspecified atom stereocenters. The van der Waals surface area contributed by atoms with Crippen LogP contribution in [0.2, 0.25) is 0 Å². The quantitative estimate of drug-likeness (QED) is 0.550. The Bertz CT molecular complexity index is 1010. The third kappa shape index (κ3) is 4.12. The van der Waals surface area contributed by atoms with Gasteiger partial charge < -0.3 is 15.5 Å². The van der Waals surface area contributed by atoms with E-state index < -0.39 is 0 Å². The van der Waals surface area contributed by atoms with E-state index in [0.29, 0.717) is 30.5 Å². The largest absolute Gasteiger partial charge is 0.473 e. The summed E-state index contributed by atoms with van der Waals surface area (Å²) in [6, 6.07) is 17.6. The van der Waals surface area contributed by atoms with E-state index >= 15 is 0 Å². The van der Waals surface area contributed by atoms with Gasteiger partial charge >= 0.3 is 0 Å². The molecule has 4 aromatic rings. The van der Waals surface area contributed by atoms with Crippen LogP contribution in [0.15, 0.2) is 73.2 Å². The van der Waals surface area contributed by atoms with Crippen molar-refractivity contribution in [2.24, 2.45) is 0 Å². The summed E-state index contributed by atoms with van der Waals surface area (Å²) in [6.45, 7) is 0.504. The number of hydrogen-bond acceptors (Lipinski definition) is 5. The van der Waals surface area contributed by atoms with Crippen LogP contribution in [-0.2, 0) is 13.0 Å². The molecule has 3 aromatic heterocycles. The molecule has 0 radical (unpaired) electrons. The zero-order valence-corrected chi connectivity index (χ0v) is 14.7. The minimum atomic E-state index is 0.458. The Morgan fingerprint density at radius 2 is 1.74 bits per heavy atom. The fraction of sp³-hybridized carbons (Fsp3) is 0.0952. The van der Waals surface area contributed by atoms with Gasteiger partial charge in [-0.25, -0.2) is 15.0 Å². The molecule has 0 aliphatic carbocycles.